The topological polar surface area (TPSA) is 44.4 Å². The Labute approximate surface area is 146 Å². The van der Waals surface area contributed by atoms with Crippen molar-refractivity contribution in [3.8, 4) is 12.3 Å². The summed E-state index contributed by atoms with van der Waals surface area (Å²) in [5.74, 6) is 2.99. The van der Waals surface area contributed by atoms with Crippen molar-refractivity contribution in [1.29, 1.82) is 0 Å². The average Bonchev–Trinajstić information content (AvgIpc) is 3.22. The van der Waals surface area contributed by atoms with Crippen LogP contribution in [0.3, 0.4) is 0 Å². The molecule has 0 bridgehead atoms. The number of amides is 2. The highest BCUT2D eigenvalue weighted by Gasteiger charge is 2.33. The molecule has 0 spiro atoms. The monoisotopic (exact) mass is 339 g/mol. The Balaban J connectivity index is 1.57. The van der Waals surface area contributed by atoms with Gasteiger partial charge in [0.1, 0.15) is 0 Å². The molecule has 0 unspecified atom stereocenters. The molecular formula is C19H21N3OS. The molecule has 0 radical (unpaired) electrons. The third-order valence-electron chi connectivity index (χ3n) is 4.42. The Bertz CT molecular complexity index is 735. The maximum Gasteiger partial charge on any atom is 0.319 e. The minimum absolute atomic E-state index is 0.191. The second-order valence-corrected chi connectivity index (χ2v) is 7.03. The molecule has 2 amide bonds. The minimum atomic E-state index is -0.191. The second kappa shape index (κ2) is 7.52. The van der Waals surface area contributed by atoms with Crippen LogP contribution in [-0.2, 0) is 0 Å². The number of carbonyl (C=O) groups is 1. The van der Waals surface area contributed by atoms with Crippen molar-refractivity contribution < 1.29 is 4.79 Å². The molecular weight excluding hydrogens is 318 g/mol. The van der Waals surface area contributed by atoms with Gasteiger partial charge in [-0.25, -0.2) is 4.79 Å². The Morgan fingerprint density at radius 2 is 2.29 bits per heavy atom. The molecule has 1 aliphatic heterocycles. The molecule has 2 atom stereocenters. The first-order chi connectivity index (χ1) is 11.7. The lowest BCUT2D eigenvalue weighted by Crippen LogP contribution is -2.35. The SMILES string of the molecule is C#Cc1cccc(NC(=O)NC[C@@H]2CCN(C)[C@@H]2c2cccs2)c1. The van der Waals surface area contributed by atoms with Crippen LogP contribution in [0.5, 0.6) is 0 Å². The normalized spacial score (nSPS) is 20.5. The Morgan fingerprint density at radius 3 is 3.04 bits per heavy atom. The standard InChI is InChI=1S/C19H21N3OS/c1-3-14-6-4-7-16(12-14)21-19(23)20-13-15-9-10-22(2)18(15)17-8-5-11-24-17/h1,4-8,11-12,15,18H,9-10,13H2,2H3,(H2,20,21,23)/t15-,18-/m0/s1. The number of rotatable bonds is 4. The number of thiophene rings is 1. The first-order valence-electron chi connectivity index (χ1n) is 8.02. The molecule has 0 saturated carbocycles. The zero-order valence-electron chi connectivity index (χ0n) is 13.7. The second-order valence-electron chi connectivity index (χ2n) is 6.05. The number of terminal acetylenes is 1. The summed E-state index contributed by atoms with van der Waals surface area (Å²) in [4.78, 5) is 15.9. The fourth-order valence-electron chi connectivity index (χ4n) is 3.23. The van der Waals surface area contributed by atoms with Gasteiger partial charge in [-0.2, -0.15) is 0 Å². The summed E-state index contributed by atoms with van der Waals surface area (Å²) in [5.41, 5.74) is 1.46. The van der Waals surface area contributed by atoms with Crippen molar-refractivity contribution in [1.82, 2.24) is 10.2 Å². The lowest BCUT2D eigenvalue weighted by molar-refractivity contribution is 0.244. The number of nitrogens with one attached hydrogen (secondary N) is 2. The largest absolute Gasteiger partial charge is 0.338 e. The first-order valence-corrected chi connectivity index (χ1v) is 8.90. The van der Waals surface area contributed by atoms with E-state index in [1.165, 1.54) is 4.88 Å². The van der Waals surface area contributed by atoms with Gasteiger partial charge in [0.25, 0.3) is 0 Å². The van der Waals surface area contributed by atoms with Gasteiger partial charge in [0.15, 0.2) is 0 Å². The quantitative estimate of drug-likeness (QED) is 0.837. The van der Waals surface area contributed by atoms with Gasteiger partial charge in [-0.1, -0.05) is 18.1 Å². The molecule has 1 aliphatic rings. The molecule has 3 rings (SSSR count). The smallest absolute Gasteiger partial charge is 0.319 e. The van der Waals surface area contributed by atoms with Crippen molar-refractivity contribution in [3.63, 3.8) is 0 Å². The van der Waals surface area contributed by atoms with Crippen LogP contribution < -0.4 is 10.6 Å². The van der Waals surface area contributed by atoms with Crippen molar-refractivity contribution >= 4 is 23.1 Å². The van der Waals surface area contributed by atoms with Crippen LogP contribution in [0.15, 0.2) is 41.8 Å². The maximum atomic E-state index is 12.2. The Kier molecular flexibility index (Phi) is 5.19. The Morgan fingerprint density at radius 1 is 1.42 bits per heavy atom. The van der Waals surface area contributed by atoms with E-state index in [2.05, 4.69) is 46.0 Å². The molecule has 5 heteroatoms. The van der Waals surface area contributed by atoms with E-state index in [1.54, 1.807) is 17.4 Å². The number of carbonyl (C=O) groups excluding carboxylic acids is 1. The maximum absolute atomic E-state index is 12.2. The lowest BCUT2D eigenvalue weighted by Gasteiger charge is -2.24. The third kappa shape index (κ3) is 3.78. The molecule has 1 fully saturated rings. The zero-order chi connectivity index (χ0) is 16.9. The molecule has 0 aliphatic carbocycles. The van der Waals surface area contributed by atoms with Gasteiger partial charge in [-0.15, -0.1) is 17.8 Å². The van der Waals surface area contributed by atoms with Crippen LogP contribution in [0.1, 0.15) is 22.9 Å². The van der Waals surface area contributed by atoms with E-state index in [0.29, 0.717) is 24.2 Å². The van der Waals surface area contributed by atoms with Gasteiger partial charge in [0.05, 0.1) is 0 Å². The first kappa shape index (κ1) is 16.6. The van der Waals surface area contributed by atoms with E-state index in [9.17, 15) is 4.79 Å². The van der Waals surface area contributed by atoms with Gasteiger partial charge in [0.2, 0.25) is 0 Å². The van der Waals surface area contributed by atoms with Crippen LogP contribution in [0.4, 0.5) is 10.5 Å². The number of hydrogen-bond acceptors (Lipinski definition) is 3. The van der Waals surface area contributed by atoms with E-state index >= 15 is 0 Å². The average molecular weight is 339 g/mol. The zero-order valence-corrected chi connectivity index (χ0v) is 14.5. The number of hydrogen-bond donors (Lipinski definition) is 2. The number of nitrogens with zero attached hydrogens (tertiary/aromatic N) is 1. The molecule has 124 valence electrons. The van der Waals surface area contributed by atoms with Gasteiger partial charge in [-0.05, 0) is 55.6 Å². The van der Waals surface area contributed by atoms with Gasteiger partial charge < -0.3 is 10.6 Å². The number of urea groups is 1. The lowest BCUT2D eigenvalue weighted by atomic mass is 9.99. The summed E-state index contributed by atoms with van der Waals surface area (Å²) in [7, 11) is 2.15. The molecule has 24 heavy (non-hydrogen) atoms. The molecule has 2 N–H and O–H groups in total. The van der Waals surface area contributed by atoms with Gasteiger partial charge in [0, 0.05) is 28.7 Å². The highest BCUT2D eigenvalue weighted by Crippen LogP contribution is 2.37. The highest BCUT2D eigenvalue weighted by atomic mass is 32.1. The van der Waals surface area contributed by atoms with E-state index in [0.717, 1.165) is 18.5 Å². The molecule has 1 aromatic carbocycles. The van der Waals surface area contributed by atoms with Crippen molar-refractivity contribution in [2.24, 2.45) is 5.92 Å². The summed E-state index contributed by atoms with van der Waals surface area (Å²) in [5, 5.41) is 7.95. The van der Waals surface area contributed by atoms with Crippen LogP contribution >= 0.6 is 11.3 Å². The predicted molar refractivity (Wildman–Crippen MR) is 99.2 cm³/mol. The third-order valence-corrected chi connectivity index (χ3v) is 5.36. The van der Waals surface area contributed by atoms with Crippen LogP contribution in [0, 0.1) is 18.3 Å². The summed E-state index contributed by atoms with van der Waals surface area (Å²) < 4.78 is 0. The summed E-state index contributed by atoms with van der Waals surface area (Å²) in [6, 6.07) is 11.7. The van der Waals surface area contributed by atoms with Gasteiger partial charge in [-0.3, -0.25) is 4.90 Å². The number of benzene rings is 1. The van der Waals surface area contributed by atoms with Crippen molar-refractivity contribution in [2.75, 3.05) is 25.5 Å². The minimum Gasteiger partial charge on any atom is -0.338 e. The fraction of sp³-hybridized carbons (Fsp3) is 0.316. The predicted octanol–water partition coefficient (Wildman–Crippen LogP) is 3.54. The number of likely N-dealkylation sites (tertiary alicyclic amines) is 1. The van der Waals surface area contributed by atoms with E-state index in [4.69, 9.17) is 6.42 Å². The Hall–Kier alpha value is -2.29. The van der Waals surface area contributed by atoms with E-state index < -0.39 is 0 Å². The molecule has 2 heterocycles. The number of anilines is 1. The van der Waals surface area contributed by atoms with Gasteiger partial charge >= 0.3 is 6.03 Å². The molecule has 4 nitrogen and oxygen atoms in total. The van der Waals surface area contributed by atoms with Crippen molar-refractivity contribution in [3.05, 3.63) is 52.2 Å². The van der Waals surface area contributed by atoms with Crippen molar-refractivity contribution in [2.45, 2.75) is 12.5 Å². The molecule has 2 aromatic rings. The fourth-order valence-corrected chi connectivity index (χ4v) is 4.22. The van der Waals surface area contributed by atoms with Crippen LogP contribution in [0.25, 0.3) is 0 Å². The highest BCUT2D eigenvalue weighted by molar-refractivity contribution is 7.10. The van der Waals surface area contributed by atoms with Crippen LogP contribution in [0.2, 0.25) is 0 Å². The molecule has 1 saturated heterocycles. The van der Waals surface area contributed by atoms with E-state index in [-0.39, 0.29) is 6.03 Å². The van der Waals surface area contributed by atoms with Crippen LogP contribution in [-0.4, -0.2) is 31.1 Å². The molecule has 1 aromatic heterocycles. The summed E-state index contributed by atoms with van der Waals surface area (Å²) in [6.07, 6.45) is 6.47. The summed E-state index contributed by atoms with van der Waals surface area (Å²) >= 11 is 1.78. The summed E-state index contributed by atoms with van der Waals surface area (Å²) in [6.45, 7) is 1.72. The van der Waals surface area contributed by atoms with E-state index in [1.807, 2.05) is 18.2 Å².